The first kappa shape index (κ1) is 8.75. The molecular weight excluding hydrogens is 232 g/mol. The van der Waals surface area contributed by atoms with E-state index >= 15 is 0 Å². The quantitative estimate of drug-likeness (QED) is 0.756. The van der Waals surface area contributed by atoms with Crippen LogP contribution in [0.15, 0.2) is 16.6 Å². The van der Waals surface area contributed by atoms with Gasteiger partial charge in [0.25, 0.3) is 0 Å². The first-order valence-electron chi connectivity index (χ1n) is 4.19. The van der Waals surface area contributed by atoms with Gasteiger partial charge < -0.3 is 5.11 Å². The lowest BCUT2D eigenvalue weighted by atomic mass is 9.90. The third-order valence-electron chi connectivity index (χ3n) is 2.38. The summed E-state index contributed by atoms with van der Waals surface area (Å²) < 4.78 is 0.993. The Morgan fingerprint density at radius 2 is 2.00 bits per heavy atom. The van der Waals surface area contributed by atoms with E-state index in [9.17, 15) is 9.90 Å². The third-order valence-corrected chi connectivity index (χ3v) is 3.12. The van der Waals surface area contributed by atoms with Crippen molar-refractivity contribution in [3.63, 3.8) is 0 Å². The van der Waals surface area contributed by atoms with E-state index in [4.69, 9.17) is 0 Å². The molecule has 1 aliphatic carbocycles. The monoisotopic (exact) mass is 240 g/mol. The molecule has 1 aromatic rings. The Kier molecular flexibility index (Phi) is 2.12. The van der Waals surface area contributed by atoms with Crippen molar-refractivity contribution in [2.45, 2.75) is 19.3 Å². The van der Waals surface area contributed by atoms with Gasteiger partial charge in [0.15, 0.2) is 0 Å². The Morgan fingerprint density at radius 3 is 2.77 bits per heavy atom. The number of ketones is 1. The predicted octanol–water partition coefficient (Wildman–Crippen LogP) is 2.21. The van der Waals surface area contributed by atoms with Gasteiger partial charge >= 0.3 is 0 Å². The average Bonchev–Trinajstić information content (AvgIpc) is 2.12. The SMILES string of the molecule is O=C1CCc2c(Br)ccc(O)c2C1. The van der Waals surface area contributed by atoms with E-state index < -0.39 is 0 Å². The molecule has 0 heterocycles. The van der Waals surface area contributed by atoms with Crippen LogP contribution in [-0.2, 0) is 17.6 Å². The van der Waals surface area contributed by atoms with Gasteiger partial charge in [-0.05, 0) is 24.1 Å². The van der Waals surface area contributed by atoms with Gasteiger partial charge in [-0.25, -0.2) is 0 Å². The van der Waals surface area contributed by atoms with Crippen LogP contribution in [-0.4, -0.2) is 10.9 Å². The minimum Gasteiger partial charge on any atom is -0.508 e. The molecule has 13 heavy (non-hydrogen) atoms. The van der Waals surface area contributed by atoms with Crippen molar-refractivity contribution < 1.29 is 9.90 Å². The molecule has 0 saturated carbocycles. The predicted molar refractivity (Wildman–Crippen MR) is 52.8 cm³/mol. The largest absolute Gasteiger partial charge is 0.508 e. The normalized spacial score (nSPS) is 15.6. The zero-order chi connectivity index (χ0) is 9.42. The number of aromatic hydroxyl groups is 1. The highest BCUT2D eigenvalue weighted by atomic mass is 79.9. The molecule has 0 atom stereocenters. The lowest BCUT2D eigenvalue weighted by molar-refractivity contribution is -0.118. The van der Waals surface area contributed by atoms with E-state index in [1.54, 1.807) is 6.07 Å². The second kappa shape index (κ2) is 3.14. The number of hydrogen-bond donors (Lipinski definition) is 1. The zero-order valence-corrected chi connectivity index (χ0v) is 8.60. The van der Waals surface area contributed by atoms with Gasteiger partial charge in [0, 0.05) is 22.9 Å². The average molecular weight is 241 g/mol. The summed E-state index contributed by atoms with van der Waals surface area (Å²) in [5.74, 6) is 0.451. The minimum atomic E-state index is 0.209. The number of hydrogen-bond acceptors (Lipinski definition) is 2. The highest BCUT2D eigenvalue weighted by Crippen LogP contribution is 2.32. The molecule has 0 fully saturated rings. The summed E-state index contributed by atoms with van der Waals surface area (Å²) in [4.78, 5) is 11.2. The van der Waals surface area contributed by atoms with Crippen LogP contribution in [0.2, 0.25) is 0 Å². The summed E-state index contributed by atoms with van der Waals surface area (Å²) in [7, 11) is 0. The Hall–Kier alpha value is -0.830. The molecule has 0 unspecified atom stereocenters. The molecule has 1 aromatic carbocycles. The van der Waals surface area contributed by atoms with Crippen molar-refractivity contribution in [2.24, 2.45) is 0 Å². The van der Waals surface area contributed by atoms with Crippen molar-refractivity contribution in [1.82, 2.24) is 0 Å². The molecule has 2 rings (SSSR count). The smallest absolute Gasteiger partial charge is 0.137 e. The highest BCUT2D eigenvalue weighted by molar-refractivity contribution is 9.10. The maximum absolute atomic E-state index is 11.2. The Morgan fingerprint density at radius 1 is 1.23 bits per heavy atom. The van der Waals surface area contributed by atoms with Crippen LogP contribution in [0.3, 0.4) is 0 Å². The zero-order valence-electron chi connectivity index (χ0n) is 7.01. The van der Waals surface area contributed by atoms with Crippen LogP contribution in [0.4, 0.5) is 0 Å². The van der Waals surface area contributed by atoms with Crippen molar-refractivity contribution in [3.05, 3.63) is 27.7 Å². The summed E-state index contributed by atoms with van der Waals surface area (Å²) in [5, 5.41) is 9.53. The van der Waals surface area contributed by atoms with Crippen LogP contribution in [0, 0.1) is 0 Å². The van der Waals surface area contributed by atoms with E-state index in [1.807, 2.05) is 6.07 Å². The maximum Gasteiger partial charge on any atom is 0.137 e. The van der Waals surface area contributed by atoms with Gasteiger partial charge in [0.1, 0.15) is 11.5 Å². The summed E-state index contributed by atoms with van der Waals surface area (Å²) >= 11 is 3.41. The number of carbonyl (C=O) groups excluding carboxylic acids is 1. The van der Waals surface area contributed by atoms with Gasteiger partial charge in [-0.2, -0.15) is 0 Å². The molecule has 1 N–H and O–H groups in total. The number of Topliss-reactive ketones (excluding diaryl/α,β-unsaturated/α-hetero) is 1. The summed E-state index contributed by atoms with van der Waals surface area (Å²) in [6.45, 7) is 0. The summed E-state index contributed by atoms with van der Waals surface area (Å²) in [6.07, 6.45) is 1.71. The number of benzene rings is 1. The van der Waals surface area contributed by atoms with E-state index in [1.165, 1.54) is 0 Å². The van der Waals surface area contributed by atoms with Crippen molar-refractivity contribution >= 4 is 21.7 Å². The highest BCUT2D eigenvalue weighted by Gasteiger charge is 2.20. The van der Waals surface area contributed by atoms with Gasteiger partial charge in [0.2, 0.25) is 0 Å². The Labute approximate surface area is 84.7 Å². The molecule has 0 bridgehead atoms. The van der Waals surface area contributed by atoms with Crippen LogP contribution in [0.25, 0.3) is 0 Å². The second-order valence-corrected chi connectivity index (χ2v) is 4.09. The van der Waals surface area contributed by atoms with Crippen molar-refractivity contribution in [3.8, 4) is 5.75 Å². The first-order chi connectivity index (χ1) is 6.18. The molecular formula is C10H9BrO2. The number of halogens is 1. The molecule has 0 amide bonds. The number of phenolic OH excluding ortho intramolecular Hbond substituents is 1. The van der Waals surface area contributed by atoms with Crippen molar-refractivity contribution in [2.75, 3.05) is 0 Å². The van der Waals surface area contributed by atoms with Crippen LogP contribution in [0.5, 0.6) is 5.75 Å². The fourth-order valence-corrected chi connectivity index (χ4v) is 2.24. The lowest BCUT2D eigenvalue weighted by Gasteiger charge is -2.17. The third kappa shape index (κ3) is 1.48. The van der Waals surface area contributed by atoms with Gasteiger partial charge in [-0.3, -0.25) is 4.79 Å². The van der Waals surface area contributed by atoms with Crippen LogP contribution < -0.4 is 0 Å². The molecule has 0 aromatic heterocycles. The molecule has 0 aliphatic heterocycles. The fourth-order valence-electron chi connectivity index (χ4n) is 1.67. The molecule has 1 aliphatic rings. The number of carbonyl (C=O) groups is 1. The molecule has 68 valence electrons. The molecule has 0 saturated heterocycles. The Balaban J connectivity index is 2.57. The van der Waals surface area contributed by atoms with E-state index in [0.29, 0.717) is 12.8 Å². The van der Waals surface area contributed by atoms with Crippen LogP contribution >= 0.6 is 15.9 Å². The number of fused-ring (bicyclic) bond motifs is 1. The first-order valence-corrected chi connectivity index (χ1v) is 4.98. The van der Waals surface area contributed by atoms with Crippen LogP contribution in [0.1, 0.15) is 17.5 Å². The van der Waals surface area contributed by atoms with Gasteiger partial charge in [-0.1, -0.05) is 15.9 Å². The fraction of sp³-hybridized carbons (Fsp3) is 0.300. The lowest BCUT2D eigenvalue weighted by Crippen LogP contribution is -2.13. The number of phenols is 1. The topological polar surface area (TPSA) is 37.3 Å². The minimum absolute atomic E-state index is 0.209. The van der Waals surface area contributed by atoms with Gasteiger partial charge in [-0.15, -0.1) is 0 Å². The molecule has 2 nitrogen and oxygen atoms in total. The second-order valence-electron chi connectivity index (χ2n) is 3.24. The van der Waals surface area contributed by atoms with E-state index in [-0.39, 0.29) is 11.5 Å². The van der Waals surface area contributed by atoms with Crippen molar-refractivity contribution in [1.29, 1.82) is 0 Å². The summed E-state index contributed by atoms with van der Waals surface area (Å²) in [5.41, 5.74) is 1.88. The van der Waals surface area contributed by atoms with E-state index in [2.05, 4.69) is 15.9 Å². The Bertz CT molecular complexity index is 371. The van der Waals surface area contributed by atoms with Gasteiger partial charge in [0.05, 0.1) is 0 Å². The standard InChI is InChI=1S/C10H9BrO2/c11-9-3-4-10(13)8-5-6(12)1-2-7(8)9/h3-4,13H,1-2,5H2. The molecule has 0 radical (unpaired) electrons. The summed E-state index contributed by atoms with van der Waals surface area (Å²) in [6, 6.07) is 3.45. The number of rotatable bonds is 0. The molecule has 3 heteroatoms. The maximum atomic E-state index is 11.2. The molecule has 0 spiro atoms. The van der Waals surface area contributed by atoms with E-state index in [0.717, 1.165) is 22.0 Å².